The van der Waals surface area contributed by atoms with Crippen LogP contribution in [0.15, 0.2) is 0 Å². The molecule has 0 bridgehead atoms. The smallest absolute Gasteiger partial charge is 0.312 e. The Morgan fingerprint density at radius 1 is 1.53 bits per heavy atom. The van der Waals surface area contributed by atoms with E-state index in [9.17, 15) is 4.79 Å². The van der Waals surface area contributed by atoms with Gasteiger partial charge in [-0.1, -0.05) is 6.92 Å². The maximum absolute atomic E-state index is 11.4. The van der Waals surface area contributed by atoms with Gasteiger partial charge in [0.05, 0.1) is 12.5 Å². The van der Waals surface area contributed by atoms with Gasteiger partial charge in [0.15, 0.2) is 0 Å². The van der Waals surface area contributed by atoms with Crippen molar-refractivity contribution in [3.8, 4) is 0 Å². The van der Waals surface area contributed by atoms with E-state index in [1.165, 1.54) is 7.11 Å². The molecule has 1 unspecified atom stereocenters. The van der Waals surface area contributed by atoms with E-state index in [1.54, 1.807) is 0 Å². The fourth-order valence-electron chi connectivity index (χ4n) is 1.17. The van der Waals surface area contributed by atoms with Crippen LogP contribution in [-0.4, -0.2) is 37.7 Å². The largest absolute Gasteiger partial charge is 0.469 e. The highest BCUT2D eigenvalue weighted by atomic mass is 32.2. The Labute approximate surface area is 97.3 Å². The first kappa shape index (κ1) is 14.8. The third kappa shape index (κ3) is 6.05. The highest BCUT2D eigenvalue weighted by Gasteiger charge is 2.27. The molecule has 90 valence electrons. The monoisotopic (exact) mass is 233 g/mol. The summed E-state index contributed by atoms with van der Waals surface area (Å²) < 4.78 is 4.73. The van der Waals surface area contributed by atoms with Gasteiger partial charge in [-0.15, -0.1) is 0 Å². The molecule has 0 heterocycles. The van der Waals surface area contributed by atoms with Gasteiger partial charge in [0.25, 0.3) is 0 Å². The second-order valence-electron chi connectivity index (χ2n) is 4.39. The summed E-state index contributed by atoms with van der Waals surface area (Å²) in [6.45, 7) is 7.61. The maximum Gasteiger partial charge on any atom is 0.312 e. The summed E-state index contributed by atoms with van der Waals surface area (Å²) in [5.74, 6) is -0.159. The number of ether oxygens (including phenoxy) is 1. The highest BCUT2D eigenvalue weighted by molar-refractivity contribution is 7.99. The Morgan fingerprint density at radius 2 is 2.13 bits per heavy atom. The SMILES string of the molecule is COC(=O)C(C)(C)CNCCC(C)SC. The molecule has 0 saturated heterocycles. The summed E-state index contributed by atoms with van der Waals surface area (Å²) >= 11 is 1.86. The second-order valence-corrected chi connectivity index (χ2v) is 5.66. The van der Waals surface area contributed by atoms with E-state index in [1.807, 2.05) is 25.6 Å². The lowest BCUT2D eigenvalue weighted by atomic mass is 9.94. The summed E-state index contributed by atoms with van der Waals surface area (Å²) in [5, 5.41) is 3.96. The lowest BCUT2D eigenvalue weighted by Crippen LogP contribution is -2.37. The first-order chi connectivity index (χ1) is 6.94. The van der Waals surface area contributed by atoms with Crippen molar-refractivity contribution < 1.29 is 9.53 Å². The van der Waals surface area contributed by atoms with Crippen molar-refractivity contribution in [1.29, 1.82) is 0 Å². The van der Waals surface area contributed by atoms with Crippen molar-refractivity contribution in [1.82, 2.24) is 5.32 Å². The Hall–Kier alpha value is -0.220. The standard InChI is InChI=1S/C11H23NO2S/c1-9(15-5)6-7-12-8-11(2,3)10(13)14-4/h9,12H,6-8H2,1-5H3. The Balaban J connectivity index is 3.71. The van der Waals surface area contributed by atoms with Crippen LogP contribution in [-0.2, 0) is 9.53 Å². The zero-order valence-electron chi connectivity index (χ0n) is 10.4. The molecule has 0 aliphatic heterocycles. The Bertz CT molecular complexity index is 195. The van der Waals surface area contributed by atoms with Gasteiger partial charge in [-0.05, 0) is 33.1 Å². The fourth-order valence-corrected chi connectivity index (χ4v) is 1.53. The van der Waals surface area contributed by atoms with E-state index >= 15 is 0 Å². The van der Waals surface area contributed by atoms with Gasteiger partial charge in [0.2, 0.25) is 0 Å². The Kier molecular flexibility index (Phi) is 7.02. The highest BCUT2D eigenvalue weighted by Crippen LogP contribution is 2.15. The van der Waals surface area contributed by atoms with Gasteiger partial charge in [-0.2, -0.15) is 11.8 Å². The zero-order valence-corrected chi connectivity index (χ0v) is 11.2. The second kappa shape index (κ2) is 7.12. The molecular formula is C11H23NO2S. The molecule has 0 amide bonds. The van der Waals surface area contributed by atoms with Gasteiger partial charge < -0.3 is 10.1 Å². The third-order valence-corrected chi connectivity index (χ3v) is 3.48. The van der Waals surface area contributed by atoms with Crippen LogP contribution in [0.25, 0.3) is 0 Å². The lowest BCUT2D eigenvalue weighted by Gasteiger charge is -2.22. The first-order valence-electron chi connectivity index (χ1n) is 5.26. The van der Waals surface area contributed by atoms with Crippen LogP contribution in [0, 0.1) is 5.41 Å². The number of esters is 1. The van der Waals surface area contributed by atoms with E-state index < -0.39 is 5.41 Å². The van der Waals surface area contributed by atoms with Crippen LogP contribution in [0.5, 0.6) is 0 Å². The number of rotatable bonds is 7. The normalized spacial score (nSPS) is 13.7. The average molecular weight is 233 g/mol. The van der Waals surface area contributed by atoms with Crippen molar-refractivity contribution >= 4 is 17.7 Å². The molecule has 3 nitrogen and oxygen atoms in total. The van der Waals surface area contributed by atoms with Crippen LogP contribution in [0.4, 0.5) is 0 Å². The molecule has 15 heavy (non-hydrogen) atoms. The van der Waals surface area contributed by atoms with Crippen molar-refractivity contribution in [2.24, 2.45) is 5.41 Å². The van der Waals surface area contributed by atoms with Crippen LogP contribution in [0.2, 0.25) is 0 Å². The first-order valence-corrected chi connectivity index (χ1v) is 6.54. The average Bonchev–Trinajstić information content (AvgIpc) is 2.22. The van der Waals surface area contributed by atoms with Crippen LogP contribution in [0.3, 0.4) is 0 Å². The minimum Gasteiger partial charge on any atom is -0.469 e. The van der Waals surface area contributed by atoms with Crippen molar-refractivity contribution in [3.63, 3.8) is 0 Å². The van der Waals surface area contributed by atoms with Crippen LogP contribution in [0.1, 0.15) is 27.2 Å². The van der Waals surface area contributed by atoms with Gasteiger partial charge in [0, 0.05) is 11.8 Å². The molecule has 0 saturated carbocycles. The topological polar surface area (TPSA) is 38.3 Å². The molecule has 1 atom stereocenters. The molecule has 0 rings (SSSR count). The van der Waals surface area contributed by atoms with E-state index in [4.69, 9.17) is 4.74 Å². The molecule has 4 heteroatoms. The van der Waals surface area contributed by atoms with Crippen LogP contribution < -0.4 is 5.32 Å². The number of thioether (sulfide) groups is 1. The molecule has 0 radical (unpaired) electrons. The summed E-state index contributed by atoms with van der Waals surface area (Å²) in [5.41, 5.74) is -0.433. The molecule has 0 aliphatic carbocycles. The number of carbonyl (C=O) groups is 1. The van der Waals surface area contributed by atoms with E-state index in [2.05, 4.69) is 18.5 Å². The summed E-state index contributed by atoms with van der Waals surface area (Å²) in [4.78, 5) is 11.4. The Morgan fingerprint density at radius 3 is 2.60 bits per heavy atom. The van der Waals surface area contributed by atoms with E-state index in [0.717, 1.165) is 13.0 Å². The third-order valence-electron chi connectivity index (χ3n) is 2.43. The van der Waals surface area contributed by atoms with Gasteiger partial charge in [-0.3, -0.25) is 4.79 Å². The molecule has 0 aromatic heterocycles. The summed E-state index contributed by atoms with van der Waals surface area (Å²) in [6.07, 6.45) is 3.24. The van der Waals surface area contributed by atoms with Crippen LogP contribution >= 0.6 is 11.8 Å². The lowest BCUT2D eigenvalue weighted by molar-refractivity contribution is -0.150. The predicted molar refractivity (Wildman–Crippen MR) is 66.3 cm³/mol. The van der Waals surface area contributed by atoms with E-state index in [0.29, 0.717) is 11.8 Å². The summed E-state index contributed by atoms with van der Waals surface area (Å²) in [7, 11) is 1.43. The fraction of sp³-hybridized carbons (Fsp3) is 0.909. The number of nitrogens with one attached hydrogen (secondary N) is 1. The van der Waals surface area contributed by atoms with Gasteiger partial charge in [-0.25, -0.2) is 0 Å². The molecule has 0 fully saturated rings. The zero-order chi connectivity index (χ0) is 11.9. The molecule has 1 N–H and O–H groups in total. The predicted octanol–water partition coefficient (Wildman–Crippen LogP) is 1.92. The number of methoxy groups -OCH3 is 1. The van der Waals surface area contributed by atoms with Crippen molar-refractivity contribution in [2.75, 3.05) is 26.5 Å². The van der Waals surface area contributed by atoms with Crippen molar-refractivity contribution in [2.45, 2.75) is 32.4 Å². The number of hydrogen-bond acceptors (Lipinski definition) is 4. The number of hydrogen-bond donors (Lipinski definition) is 1. The van der Waals surface area contributed by atoms with E-state index in [-0.39, 0.29) is 5.97 Å². The number of carbonyl (C=O) groups excluding carboxylic acids is 1. The minimum atomic E-state index is -0.433. The van der Waals surface area contributed by atoms with Gasteiger partial charge in [0.1, 0.15) is 0 Å². The molecule has 0 spiro atoms. The molecule has 0 aromatic rings. The van der Waals surface area contributed by atoms with Crippen molar-refractivity contribution in [3.05, 3.63) is 0 Å². The molecule has 0 aromatic carbocycles. The molecule has 0 aliphatic rings. The maximum atomic E-state index is 11.4. The molecular weight excluding hydrogens is 210 g/mol. The summed E-state index contributed by atoms with van der Waals surface area (Å²) in [6, 6.07) is 0. The van der Waals surface area contributed by atoms with Gasteiger partial charge >= 0.3 is 5.97 Å². The quantitative estimate of drug-likeness (QED) is 0.538. The minimum absolute atomic E-state index is 0.159.